The van der Waals surface area contributed by atoms with Crippen molar-refractivity contribution in [2.45, 2.75) is 18.2 Å². The molecule has 0 fully saturated rings. The molecule has 100 valence electrons. The molecule has 0 aliphatic rings. The number of carboxylic acids is 1. The van der Waals surface area contributed by atoms with E-state index in [0.29, 0.717) is 19.6 Å². The van der Waals surface area contributed by atoms with Crippen LogP contribution < -0.4 is 0 Å². The van der Waals surface area contributed by atoms with E-state index in [1.807, 2.05) is 6.92 Å². The van der Waals surface area contributed by atoms with Crippen molar-refractivity contribution in [2.24, 2.45) is 0 Å². The van der Waals surface area contributed by atoms with Gasteiger partial charge in [0.05, 0.1) is 16.2 Å². The molecule has 18 heavy (non-hydrogen) atoms. The summed E-state index contributed by atoms with van der Waals surface area (Å²) in [5.41, 5.74) is 0.0725. The monoisotopic (exact) mass is 272 g/mol. The van der Waals surface area contributed by atoms with Crippen LogP contribution in [-0.4, -0.2) is 38.5 Å². The summed E-state index contributed by atoms with van der Waals surface area (Å²) in [4.78, 5) is 10.8. The minimum atomic E-state index is -3.36. The van der Waals surface area contributed by atoms with Gasteiger partial charge < -0.3 is 9.84 Å². The van der Waals surface area contributed by atoms with Crippen LogP contribution in [-0.2, 0) is 14.6 Å². The quantitative estimate of drug-likeness (QED) is 0.762. The van der Waals surface area contributed by atoms with Gasteiger partial charge in [0.25, 0.3) is 0 Å². The highest BCUT2D eigenvalue weighted by Gasteiger charge is 2.14. The zero-order valence-corrected chi connectivity index (χ0v) is 10.9. The molecule has 0 radical (unpaired) electrons. The molecule has 0 bridgehead atoms. The first kappa shape index (κ1) is 14.7. The van der Waals surface area contributed by atoms with Crippen molar-refractivity contribution >= 4 is 15.8 Å². The molecule has 0 aliphatic carbocycles. The Balaban J connectivity index is 2.70. The van der Waals surface area contributed by atoms with Crippen LogP contribution in [0.5, 0.6) is 0 Å². The molecule has 1 N–H and O–H groups in total. The lowest BCUT2D eigenvalue weighted by Gasteiger charge is -2.05. The standard InChI is InChI=1S/C12H16O5S/c1-2-17-8-3-9-18(15,16)11-6-4-10(5-7-11)12(13)14/h4-7H,2-3,8-9H2,1H3,(H,13,14). The second-order valence-electron chi connectivity index (χ2n) is 3.70. The molecular weight excluding hydrogens is 256 g/mol. The Hall–Kier alpha value is -1.40. The molecule has 1 aromatic carbocycles. The number of rotatable bonds is 7. The largest absolute Gasteiger partial charge is 0.478 e. The van der Waals surface area contributed by atoms with Crippen molar-refractivity contribution in [3.63, 3.8) is 0 Å². The van der Waals surface area contributed by atoms with Crippen molar-refractivity contribution in [3.05, 3.63) is 29.8 Å². The van der Waals surface area contributed by atoms with Crippen LogP contribution in [0, 0.1) is 0 Å². The van der Waals surface area contributed by atoms with E-state index >= 15 is 0 Å². The SMILES string of the molecule is CCOCCCS(=O)(=O)c1ccc(C(=O)O)cc1. The summed E-state index contributed by atoms with van der Waals surface area (Å²) < 4.78 is 28.8. The second-order valence-corrected chi connectivity index (χ2v) is 5.81. The summed E-state index contributed by atoms with van der Waals surface area (Å²) >= 11 is 0. The zero-order valence-electron chi connectivity index (χ0n) is 10.1. The smallest absolute Gasteiger partial charge is 0.335 e. The number of hydrogen-bond donors (Lipinski definition) is 1. The Morgan fingerprint density at radius 3 is 2.39 bits per heavy atom. The first-order chi connectivity index (χ1) is 8.47. The van der Waals surface area contributed by atoms with Crippen LogP contribution in [0.3, 0.4) is 0 Å². The third kappa shape index (κ3) is 4.12. The van der Waals surface area contributed by atoms with Gasteiger partial charge in [0.2, 0.25) is 0 Å². The molecule has 0 aliphatic heterocycles. The van der Waals surface area contributed by atoms with Gasteiger partial charge >= 0.3 is 5.97 Å². The van der Waals surface area contributed by atoms with E-state index in [0.717, 1.165) is 0 Å². The predicted molar refractivity (Wildman–Crippen MR) is 66.6 cm³/mol. The Labute approximate surface area is 106 Å². The van der Waals surface area contributed by atoms with E-state index in [2.05, 4.69) is 0 Å². The lowest BCUT2D eigenvalue weighted by Crippen LogP contribution is -2.10. The van der Waals surface area contributed by atoms with Crippen LogP contribution >= 0.6 is 0 Å². The minimum Gasteiger partial charge on any atom is -0.478 e. The summed E-state index contributed by atoms with van der Waals surface area (Å²) in [5, 5.41) is 8.71. The summed E-state index contributed by atoms with van der Waals surface area (Å²) in [6, 6.07) is 5.22. The maximum Gasteiger partial charge on any atom is 0.335 e. The number of hydrogen-bond acceptors (Lipinski definition) is 4. The summed E-state index contributed by atoms with van der Waals surface area (Å²) in [7, 11) is -3.36. The molecule has 1 aromatic rings. The Bertz CT molecular complexity index is 490. The number of ether oxygens (including phenoxy) is 1. The van der Waals surface area contributed by atoms with Crippen molar-refractivity contribution in [1.29, 1.82) is 0 Å². The molecule has 0 amide bonds. The van der Waals surface area contributed by atoms with E-state index in [4.69, 9.17) is 9.84 Å². The number of sulfone groups is 1. The van der Waals surface area contributed by atoms with E-state index in [9.17, 15) is 13.2 Å². The fraction of sp³-hybridized carbons (Fsp3) is 0.417. The van der Waals surface area contributed by atoms with Gasteiger partial charge in [0.15, 0.2) is 9.84 Å². The maximum absolute atomic E-state index is 11.9. The third-order valence-electron chi connectivity index (χ3n) is 2.37. The molecule has 5 nitrogen and oxygen atoms in total. The first-order valence-corrected chi connectivity index (χ1v) is 7.26. The second kappa shape index (κ2) is 6.51. The van der Waals surface area contributed by atoms with Crippen molar-refractivity contribution in [1.82, 2.24) is 0 Å². The maximum atomic E-state index is 11.9. The number of aromatic carboxylic acids is 1. The van der Waals surface area contributed by atoms with Crippen molar-refractivity contribution in [2.75, 3.05) is 19.0 Å². The lowest BCUT2D eigenvalue weighted by atomic mass is 10.2. The average Bonchev–Trinajstić information content (AvgIpc) is 2.35. The van der Waals surface area contributed by atoms with Gasteiger partial charge in [0.1, 0.15) is 0 Å². The first-order valence-electron chi connectivity index (χ1n) is 5.61. The number of carboxylic acid groups (broad SMARTS) is 1. The number of benzene rings is 1. The predicted octanol–water partition coefficient (Wildman–Crippen LogP) is 1.59. The highest BCUT2D eigenvalue weighted by Crippen LogP contribution is 2.13. The van der Waals surface area contributed by atoms with Gasteiger partial charge in [-0.2, -0.15) is 0 Å². The highest BCUT2D eigenvalue weighted by atomic mass is 32.2. The topological polar surface area (TPSA) is 80.7 Å². The van der Waals surface area contributed by atoms with Crippen LogP contribution in [0.4, 0.5) is 0 Å². The van der Waals surface area contributed by atoms with E-state index < -0.39 is 15.8 Å². The fourth-order valence-electron chi connectivity index (χ4n) is 1.42. The van der Waals surface area contributed by atoms with Gasteiger partial charge in [-0.3, -0.25) is 0 Å². The molecular formula is C12H16O5S. The molecule has 0 aromatic heterocycles. The van der Waals surface area contributed by atoms with E-state index in [1.54, 1.807) is 0 Å². The van der Waals surface area contributed by atoms with Crippen molar-refractivity contribution < 1.29 is 23.1 Å². The molecule has 1 rings (SSSR count). The van der Waals surface area contributed by atoms with Crippen LogP contribution in [0.1, 0.15) is 23.7 Å². The fourth-order valence-corrected chi connectivity index (χ4v) is 2.70. The molecule has 0 unspecified atom stereocenters. The van der Waals surface area contributed by atoms with Gasteiger partial charge in [0, 0.05) is 13.2 Å². The van der Waals surface area contributed by atoms with Crippen LogP contribution in [0.2, 0.25) is 0 Å². The molecule has 0 spiro atoms. The average molecular weight is 272 g/mol. The third-order valence-corrected chi connectivity index (χ3v) is 4.18. The van der Waals surface area contributed by atoms with Gasteiger partial charge in [-0.25, -0.2) is 13.2 Å². The normalized spacial score (nSPS) is 11.4. The summed E-state index contributed by atoms with van der Waals surface area (Å²) in [6.07, 6.45) is 0.427. The number of carbonyl (C=O) groups is 1. The zero-order chi connectivity index (χ0) is 13.6. The van der Waals surface area contributed by atoms with Crippen LogP contribution in [0.15, 0.2) is 29.2 Å². The minimum absolute atomic E-state index is 0.000577. The highest BCUT2D eigenvalue weighted by molar-refractivity contribution is 7.91. The Kier molecular flexibility index (Phi) is 5.30. The molecule has 0 heterocycles. The Morgan fingerprint density at radius 2 is 1.89 bits per heavy atom. The molecule has 0 saturated heterocycles. The lowest BCUT2D eigenvalue weighted by molar-refractivity contribution is 0.0696. The van der Waals surface area contributed by atoms with E-state index in [1.165, 1.54) is 24.3 Å². The van der Waals surface area contributed by atoms with Crippen molar-refractivity contribution in [3.8, 4) is 0 Å². The van der Waals surface area contributed by atoms with E-state index in [-0.39, 0.29) is 16.2 Å². The molecule has 0 saturated carbocycles. The van der Waals surface area contributed by atoms with Gasteiger partial charge in [-0.15, -0.1) is 0 Å². The Morgan fingerprint density at radius 1 is 1.28 bits per heavy atom. The molecule has 0 atom stereocenters. The van der Waals surface area contributed by atoms with Gasteiger partial charge in [-0.1, -0.05) is 0 Å². The summed E-state index contributed by atoms with van der Waals surface area (Å²) in [5.74, 6) is -1.07. The summed E-state index contributed by atoms with van der Waals surface area (Å²) in [6.45, 7) is 2.81. The van der Waals surface area contributed by atoms with Crippen LogP contribution in [0.25, 0.3) is 0 Å². The molecule has 6 heteroatoms. The van der Waals surface area contributed by atoms with Gasteiger partial charge in [-0.05, 0) is 37.6 Å².